The summed E-state index contributed by atoms with van der Waals surface area (Å²) in [5, 5.41) is 12.9. The average molecular weight is 489 g/mol. The molecule has 7 heteroatoms. The van der Waals surface area contributed by atoms with Gasteiger partial charge in [0.25, 0.3) is 0 Å². The second-order valence-electron chi connectivity index (χ2n) is 9.42. The number of rotatable bonds is 7. The third-order valence-electron chi connectivity index (χ3n) is 7.16. The molecule has 0 saturated carbocycles. The number of amides is 1. The van der Waals surface area contributed by atoms with Crippen molar-refractivity contribution in [3.05, 3.63) is 82.3 Å². The fourth-order valence-electron chi connectivity index (χ4n) is 5.02. The van der Waals surface area contributed by atoms with Crippen LogP contribution in [0.3, 0.4) is 0 Å². The molecular formula is C29H33FN4O2. The second-order valence-corrected chi connectivity index (χ2v) is 9.42. The van der Waals surface area contributed by atoms with E-state index < -0.39 is 0 Å². The maximum atomic E-state index is 13.4. The van der Waals surface area contributed by atoms with Crippen molar-refractivity contribution in [1.82, 2.24) is 9.47 Å². The van der Waals surface area contributed by atoms with Gasteiger partial charge < -0.3 is 14.6 Å². The van der Waals surface area contributed by atoms with Crippen molar-refractivity contribution in [1.29, 1.82) is 5.26 Å². The monoisotopic (exact) mass is 488 g/mol. The molecule has 1 amide bonds. The third kappa shape index (κ3) is 5.60. The van der Waals surface area contributed by atoms with Crippen LogP contribution in [0.1, 0.15) is 59.7 Å². The van der Waals surface area contributed by atoms with Crippen molar-refractivity contribution < 1.29 is 13.9 Å². The van der Waals surface area contributed by atoms with E-state index in [0.717, 1.165) is 54.8 Å². The number of aromatic nitrogens is 1. The molecule has 1 saturated heterocycles. The lowest BCUT2D eigenvalue weighted by Crippen LogP contribution is -2.36. The van der Waals surface area contributed by atoms with Crippen LogP contribution in [-0.4, -0.2) is 35.6 Å². The van der Waals surface area contributed by atoms with E-state index in [1.807, 2.05) is 30.5 Å². The van der Waals surface area contributed by atoms with Gasteiger partial charge in [0, 0.05) is 18.3 Å². The van der Waals surface area contributed by atoms with Crippen molar-refractivity contribution in [2.75, 3.05) is 25.5 Å². The van der Waals surface area contributed by atoms with Crippen LogP contribution in [0.5, 0.6) is 5.75 Å². The van der Waals surface area contributed by atoms with Crippen LogP contribution < -0.4 is 10.1 Å². The maximum absolute atomic E-state index is 13.4. The molecule has 1 aromatic heterocycles. The Balaban J connectivity index is 1.56. The number of nitrogens with one attached hydrogen (secondary N) is 1. The lowest BCUT2D eigenvalue weighted by Gasteiger charge is -2.30. The number of carbonyl (C=O) groups excluding carboxylic acids is 1. The molecule has 4 rings (SSSR count). The minimum atomic E-state index is -0.297. The van der Waals surface area contributed by atoms with Gasteiger partial charge in [-0.1, -0.05) is 37.1 Å². The van der Waals surface area contributed by atoms with E-state index in [0.29, 0.717) is 17.9 Å². The van der Waals surface area contributed by atoms with Gasteiger partial charge in [-0.25, -0.2) is 4.39 Å². The minimum Gasteiger partial charge on any atom is -0.497 e. The molecule has 0 radical (unpaired) electrons. The molecule has 0 unspecified atom stereocenters. The number of halogens is 1. The highest BCUT2D eigenvalue weighted by Crippen LogP contribution is 2.32. The number of hydrogen-bond acceptors (Lipinski definition) is 4. The Morgan fingerprint density at radius 1 is 1.11 bits per heavy atom. The Morgan fingerprint density at radius 2 is 1.83 bits per heavy atom. The topological polar surface area (TPSA) is 70.3 Å². The van der Waals surface area contributed by atoms with Crippen LogP contribution in [0.25, 0.3) is 0 Å². The Hall–Kier alpha value is -3.63. The largest absolute Gasteiger partial charge is 0.497 e. The zero-order chi connectivity index (χ0) is 25.7. The van der Waals surface area contributed by atoms with Crippen molar-refractivity contribution >= 4 is 11.7 Å². The molecule has 188 valence electrons. The number of anilines is 1. The van der Waals surface area contributed by atoms with E-state index in [2.05, 4.69) is 28.4 Å². The van der Waals surface area contributed by atoms with Crippen LogP contribution in [-0.2, 0) is 11.3 Å². The number of hydrogen-bond donors (Lipinski definition) is 1. The minimum absolute atomic E-state index is 0.147. The Morgan fingerprint density at radius 3 is 2.50 bits per heavy atom. The van der Waals surface area contributed by atoms with E-state index in [4.69, 9.17) is 4.74 Å². The fourth-order valence-corrected chi connectivity index (χ4v) is 5.02. The predicted octanol–water partition coefficient (Wildman–Crippen LogP) is 5.73. The summed E-state index contributed by atoms with van der Waals surface area (Å²) in [7, 11) is 1.65. The van der Waals surface area contributed by atoms with Crippen LogP contribution in [0.4, 0.5) is 10.2 Å². The van der Waals surface area contributed by atoms with Crippen LogP contribution in [0.2, 0.25) is 0 Å². The molecule has 1 aliphatic rings. The smallest absolute Gasteiger partial charge is 0.239 e. The Bertz CT molecular complexity index is 1240. The summed E-state index contributed by atoms with van der Waals surface area (Å²) < 4.78 is 20.6. The molecule has 6 nitrogen and oxygen atoms in total. The van der Waals surface area contributed by atoms with Gasteiger partial charge in [0.2, 0.25) is 5.91 Å². The van der Waals surface area contributed by atoms with Crippen molar-refractivity contribution in [3.8, 4) is 11.8 Å². The van der Waals surface area contributed by atoms with Crippen molar-refractivity contribution in [3.63, 3.8) is 0 Å². The quantitative estimate of drug-likeness (QED) is 0.461. The van der Waals surface area contributed by atoms with Gasteiger partial charge in [-0.2, -0.15) is 5.26 Å². The van der Waals surface area contributed by atoms with Gasteiger partial charge in [-0.3, -0.25) is 9.69 Å². The first kappa shape index (κ1) is 25.5. The van der Waals surface area contributed by atoms with Crippen molar-refractivity contribution in [2.45, 2.75) is 52.1 Å². The summed E-state index contributed by atoms with van der Waals surface area (Å²) in [4.78, 5) is 15.6. The second kappa shape index (κ2) is 11.4. The van der Waals surface area contributed by atoms with Crippen LogP contribution in [0, 0.1) is 31.0 Å². The highest BCUT2D eigenvalue weighted by Gasteiger charge is 2.26. The fraction of sp³-hybridized carbons (Fsp3) is 0.379. The van der Waals surface area contributed by atoms with Gasteiger partial charge >= 0.3 is 0 Å². The SMILES string of the molecule is COc1ccc([C@H]2CCCCCN2CC(=O)Nc2c(C#N)c(C)c(C)n2Cc2ccc(F)cc2)cc1. The highest BCUT2D eigenvalue weighted by atomic mass is 19.1. The van der Waals surface area contributed by atoms with E-state index in [1.54, 1.807) is 19.2 Å². The van der Waals surface area contributed by atoms with Crippen LogP contribution >= 0.6 is 0 Å². The lowest BCUT2D eigenvalue weighted by molar-refractivity contribution is -0.117. The molecule has 2 aromatic carbocycles. The normalized spacial score (nSPS) is 16.2. The van der Waals surface area contributed by atoms with E-state index in [9.17, 15) is 14.4 Å². The molecular weight excluding hydrogens is 455 g/mol. The lowest BCUT2D eigenvalue weighted by atomic mass is 10.0. The first-order chi connectivity index (χ1) is 17.4. The first-order valence-corrected chi connectivity index (χ1v) is 12.4. The molecule has 1 fully saturated rings. The van der Waals surface area contributed by atoms with Gasteiger partial charge in [0.15, 0.2) is 0 Å². The number of nitriles is 1. The molecule has 2 heterocycles. The number of ether oxygens (including phenoxy) is 1. The summed E-state index contributed by atoms with van der Waals surface area (Å²) in [5.41, 5.74) is 4.26. The molecule has 3 aromatic rings. The zero-order valence-corrected chi connectivity index (χ0v) is 21.2. The molecule has 0 aliphatic carbocycles. The van der Waals surface area contributed by atoms with E-state index >= 15 is 0 Å². The summed E-state index contributed by atoms with van der Waals surface area (Å²) in [6.07, 6.45) is 4.29. The maximum Gasteiger partial charge on any atom is 0.239 e. The van der Waals surface area contributed by atoms with Gasteiger partial charge in [-0.05, 0) is 74.2 Å². The number of methoxy groups -OCH3 is 1. The summed E-state index contributed by atoms with van der Waals surface area (Å²) in [6, 6.07) is 16.8. The standard InChI is InChI=1S/C29H33FN4O2/c1-20-21(2)34(18-22-8-12-24(30)13-9-22)29(26(20)17-31)32-28(35)19-33-16-6-4-5-7-27(33)23-10-14-25(36-3)15-11-23/h8-15,27H,4-7,16,18-19H2,1-3H3,(H,32,35)/t27-/m1/s1. The Kier molecular flexibility index (Phi) is 8.07. The first-order valence-electron chi connectivity index (χ1n) is 12.4. The summed E-state index contributed by atoms with van der Waals surface area (Å²) in [6.45, 7) is 5.33. The van der Waals surface area contributed by atoms with Gasteiger partial charge in [-0.15, -0.1) is 0 Å². The summed E-state index contributed by atoms with van der Waals surface area (Å²) in [5.74, 6) is 0.866. The summed E-state index contributed by atoms with van der Waals surface area (Å²) >= 11 is 0. The predicted molar refractivity (Wildman–Crippen MR) is 139 cm³/mol. The van der Waals surface area contributed by atoms with Gasteiger partial charge in [0.05, 0.1) is 19.2 Å². The van der Waals surface area contributed by atoms with Crippen molar-refractivity contribution in [2.24, 2.45) is 0 Å². The molecule has 36 heavy (non-hydrogen) atoms. The number of likely N-dealkylation sites (tertiary alicyclic amines) is 1. The molecule has 1 N–H and O–H groups in total. The molecule has 0 spiro atoms. The van der Waals surface area contributed by atoms with Gasteiger partial charge in [0.1, 0.15) is 23.5 Å². The van der Waals surface area contributed by atoms with E-state index in [1.165, 1.54) is 17.7 Å². The third-order valence-corrected chi connectivity index (χ3v) is 7.16. The van der Waals surface area contributed by atoms with E-state index in [-0.39, 0.29) is 24.3 Å². The average Bonchev–Trinajstić information content (AvgIpc) is 3.02. The number of nitrogens with zero attached hydrogens (tertiary/aromatic N) is 3. The molecule has 1 atom stereocenters. The Labute approximate surface area is 212 Å². The van der Waals surface area contributed by atoms with Crippen LogP contribution in [0.15, 0.2) is 48.5 Å². The molecule has 1 aliphatic heterocycles. The highest BCUT2D eigenvalue weighted by molar-refractivity contribution is 5.93. The zero-order valence-electron chi connectivity index (χ0n) is 21.2. The number of benzene rings is 2. The number of carbonyl (C=O) groups is 1. The molecule has 0 bridgehead atoms.